The third-order valence-corrected chi connectivity index (χ3v) is 3.65. The van der Waals surface area contributed by atoms with E-state index in [0.29, 0.717) is 0 Å². The van der Waals surface area contributed by atoms with E-state index in [4.69, 9.17) is 9.47 Å². The quantitative estimate of drug-likeness (QED) is 0.497. The van der Waals surface area contributed by atoms with Crippen molar-refractivity contribution in [2.24, 2.45) is 0 Å². The van der Waals surface area contributed by atoms with E-state index in [-0.39, 0.29) is 5.54 Å². The summed E-state index contributed by atoms with van der Waals surface area (Å²) in [6.07, 6.45) is 4.12. The minimum absolute atomic E-state index is 0.387. The minimum atomic E-state index is -0.387. The molecule has 5 nitrogen and oxygen atoms in total. The number of rotatable bonds is 14. The maximum absolute atomic E-state index is 9.23. The molecule has 0 radical (unpaired) electrons. The summed E-state index contributed by atoms with van der Waals surface area (Å²) >= 11 is 0. The number of nitrogens with one attached hydrogen (secondary N) is 1. The van der Waals surface area contributed by atoms with Crippen LogP contribution in [0.2, 0.25) is 0 Å². The van der Waals surface area contributed by atoms with Gasteiger partial charge in [0.05, 0.1) is 12.7 Å². The predicted molar refractivity (Wildman–Crippen MR) is 86.4 cm³/mol. The van der Waals surface area contributed by atoms with Crippen molar-refractivity contribution in [3.05, 3.63) is 0 Å². The Balaban J connectivity index is 3.97. The number of methoxy groups -OCH3 is 2. The molecule has 124 valence electrons. The van der Waals surface area contributed by atoms with Gasteiger partial charge in [0, 0.05) is 33.9 Å². The highest BCUT2D eigenvalue weighted by Crippen LogP contribution is 2.13. The lowest BCUT2D eigenvalue weighted by Gasteiger charge is -2.24. The SMILES string of the molecule is CCNC(C)(C#N)CCCCN(CCCOC)CCOC. The first kappa shape index (κ1) is 20.3. The van der Waals surface area contributed by atoms with Crippen LogP contribution in [0.15, 0.2) is 0 Å². The van der Waals surface area contributed by atoms with Crippen LogP contribution in [0.3, 0.4) is 0 Å². The standard InChI is InChI=1S/C16H33N3O2/c1-5-18-16(2,15-17)9-6-7-10-19(12-14-21-4)11-8-13-20-3/h18H,5-14H2,1-4H3. The Hall–Kier alpha value is -0.670. The van der Waals surface area contributed by atoms with Crippen molar-refractivity contribution < 1.29 is 9.47 Å². The Morgan fingerprint density at radius 3 is 2.29 bits per heavy atom. The molecular weight excluding hydrogens is 266 g/mol. The molecule has 1 N–H and O–H groups in total. The Labute approximate surface area is 130 Å². The van der Waals surface area contributed by atoms with Crippen molar-refractivity contribution >= 4 is 0 Å². The first-order chi connectivity index (χ1) is 10.1. The fourth-order valence-electron chi connectivity index (χ4n) is 2.38. The van der Waals surface area contributed by atoms with Gasteiger partial charge in [0.2, 0.25) is 0 Å². The average Bonchev–Trinajstić information content (AvgIpc) is 2.49. The summed E-state index contributed by atoms with van der Waals surface area (Å²) in [5.74, 6) is 0. The van der Waals surface area contributed by atoms with E-state index in [2.05, 4.69) is 16.3 Å². The Morgan fingerprint density at radius 2 is 1.71 bits per heavy atom. The smallest absolute Gasteiger partial charge is 0.103 e. The summed E-state index contributed by atoms with van der Waals surface area (Å²) in [5.41, 5.74) is -0.387. The molecule has 5 heteroatoms. The van der Waals surface area contributed by atoms with Crippen molar-refractivity contribution in [1.82, 2.24) is 10.2 Å². The van der Waals surface area contributed by atoms with Crippen LogP contribution in [0.25, 0.3) is 0 Å². The zero-order valence-electron chi connectivity index (χ0n) is 14.3. The Kier molecular flexibility index (Phi) is 12.6. The topological polar surface area (TPSA) is 57.5 Å². The van der Waals surface area contributed by atoms with Crippen LogP contribution in [0, 0.1) is 11.3 Å². The van der Waals surface area contributed by atoms with Crippen molar-refractivity contribution in [2.75, 3.05) is 53.6 Å². The normalized spacial score (nSPS) is 14.1. The van der Waals surface area contributed by atoms with E-state index >= 15 is 0 Å². The van der Waals surface area contributed by atoms with Crippen molar-refractivity contribution in [3.63, 3.8) is 0 Å². The summed E-state index contributed by atoms with van der Waals surface area (Å²) in [4.78, 5) is 2.42. The zero-order chi connectivity index (χ0) is 16.0. The van der Waals surface area contributed by atoms with E-state index < -0.39 is 0 Å². The third-order valence-electron chi connectivity index (χ3n) is 3.65. The van der Waals surface area contributed by atoms with Gasteiger partial charge >= 0.3 is 0 Å². The second-order valence-corrected chi connectivity index (χ2v) is 5.61. The fraction of sp³-hybridized carbons (Fsp3) is 0.938. The molecule has 0 aliphatic rings. The second-order valence-electron chi connectivity index (χ2n) is 5.61. The highest BCUT2D eigenvalue weighted by molar-refractivity contribution is 5.03. The molecule has 0 fully saturated rings. The van der Waals surface area contributed by atoms with Crippen LogP contribution >= 0.6 is 0 Å². The molecule has 0 aromatic carbocycles. The van der Waals surface area contributed by atoms with Crippen molar-refractivity contribution in [2.45, 2.75) is 45.1 Å². The number of ether oxygens (including phenoxy) is 2. The average molecular weight is 299 g/mol. The highest BCUT2D eigenvalue weighted by Gasteiger charge is 2.21. The molecular formula is C16H33N3O2. The molecule has 0 rings (SSSR count). The summed E-state index contributed by atoms with van der Waals surface area (Å²) < 4.78 is 10.3. The van der Waals surface area contributed by atoms with Crippen LogP contribution < -0.4 is 5.32 Å². The molecule has 0 aromatic rings. The van der Waals surface area contributed by atoms with E-state index in [0.717, 1.165) is 65.1 Å². The first-order valence-corrected chi connectivity index (χ1v) is 7.98. The maximum atomic E-state index is 9.23. The summed E-state index contributed by atoms with van der Waals surface area (Å²) in [7, 11) is 3.48. The molecule has 0 heterocycles. The van der Waals surface area contributed by atoms with Crippen LogP contribution in [-0.2, 0) is 9.47 Å². The van der Waals surface area contributed by atoms with E-state index in [1.165, 1.54) is 0 Å². The monoisotopic (exact) mass is 299 g/mol. The number of unbranched alkanes of at least 4 members (excludes halogenated alkanes) is 1. The van der Waals surface area contributed by atoms with Gasteiger partial charge in [-0.1, -0.05) is 6.92 Å². The third kappa shape index (κ3) is 10.7. The molecule has 0 aromatic heterocycles. The van der Waals surface area contributed by atoms with Gasteiger partial charge in [-0.3, -0.25) is 5.32 Å². The first-order valence-electron chi connectivity index (χ1n) is 7.98. The molecule has 21 heavy (non-hydrogen) atoms. The molecule has 0 amide bonds. The Bertz CT molecular complexity index is 281. The highest BCUT2D eigenvalue weighted by atomic mass is 16.5. The van der Waals surface area contributed by atoms with E-state index in [1.807, 2.05) is 13.8 Å². The van der Waals surface area contributed by atoms with Gasteiger partial charge in [0.1, 0.15) is 5.54 Å². The molecule has 1 atom stereocenters. The zero-order valence-corrected chi connectivity index (χ0v) is 14.3. The molecule has 0 aliphatic carbocycles. The minimum Gasteiger partial charge on any atom is -0.385 e. The van der Waals surface area contributed by atoms with Gasteiger partial charge in [-0.25, -0.2) is 0 Å². The summed E-state index contributed by atoms with van der Waals surface area (Å²) in [6.45, 7) is 9.48. The van der Waals surface area contributed by atoms with Crippen molar-refractivity contribution in [1.29, 1.82) is 5.26 Å². The van der Waals surface area contributed by atoms with Crippen LogP contribution in [0.1, 0.15) is 39.5 Å². The predicted octanol–water partition coefficient (Wildman–Crippen LogP) is 2.03. The van der Waals surface area contributed by atoms with E-state index in [1.54, 1.807) is 14.2 Å². The summed E-state index contributed by atoms with van der Waals surface area (Å²) in [6, 6.07) is 2.38. The van der Waals surface area contributed by atoms with Crippen LogP contribution in [0.4, 0.5) is 0 Å². The van der Waals surface area contributed by atoms with Gasteiger partial charge < -0.3 is 14.4 Å². The van der Waals surface area contributed by atoms with Gasteiger partial charge in [-0.2, -0.15) is 5.26 Å². The lowest BCUT2D eigenvalue weighted by atomic mass is 9.96. The number of hydrogen-bond donors (Lipinski definition) is 1. The van der Waals surface area contributed by atoms with Gasteiger partial charge in [0.25, 0.3) is 0 Å². The van der Waals surface area contributed by atoms with Crippen LogP contribution in [0.5, 0.6) is 0 Å². The largest absolute Gasteiger partial charge is 0.385 e. The number of hydrogen-bond acceptors (Lipinski definition) is 5. The van der Waals surface area contributed by atoms with Gasteiger partial charge in [-0.15, -0.1) is 0 Å². The van der Waals surface area contributed by atoms with Gasteiger partial charge in [-0.05, 0) is 45.7 Å². The van der Waals surface area contributed by atoms with Crippen LogP contribution in [-0.4, -0.2) is 64.1 Å². The second kappa shape index (κ2) is 13.0. The molecule has 0 saturated carbocycles. The fourth-order valence-corrected chi connectivity index (χ4v) is 2.38. The summed E-state index contributed by atoms with van der Waals surface area (Å²) in [5, 5.41) is 12.5. The van der Waals surface area contributed by atoms with Gasteiger partial charge in [0.15, 0.2) is 0 Å². The molecule has 1 unspecified atom stereocenters. The molecule has 0 spiro atoms. The van der Waals surface area contributed by atoms with Crippen molar-refractivity contribution in [3.8, 4) is 6.07 Å². The molecule has 0 aliphatic heterocycles. The molecule has 0 bridgehead atoms. The lowest BCUT2D eigenvalue weighted by molar-refractivity contribution is 0.131. The maximum Gasteiger partial charge on any atom is 0.103 e. The Morgan fingerprint density at radius 1 is 1.05 bits per heavy atom. The number of nitriles is 1. The lowest BCUT2D eigenvalue weighted by Crippen LogP contribution is -2.40. The number of nitrogens with zero attached hydrogens (tertiary/aromatic N) is 2. The van der Waals surface area contributed by atoms with E-state index in [9.17, 15) is 5.26 Å². The molecule has 0 saturated heterocycles.